The minimum absolute atomic E-state index is 1.08. The Kier molecular flexibility index (Phi) is 2.63. The van der Waals surface area contributed by atoms with Gasteiger partial charge in [0, 0.05) is 17.6 Å². The van der Waals surface area contributed by atoms with Crippen LogP contribution in [0.2, 0.25) is 0 Å². The summed E-state index contributed by atoms with van der Waals surface area (Å²) < 4.78 is 2.27. The van der Waals surface area contributed by atoms with Crippen LogP contribution < -0.4 is 0 Å². The Morgan fingerprint density at radius 3 is 2.47 bits per heavy atom. The van der Waals surface area contributed by atoms with Crippen LogP contribution in [-0.2, 0) is 6.42 Å². The molecule has 2 aromatic rings. The lowest BCUT2D eigenvalue weighted by Crippen LogP contribution is -1.98. The molecular weight excluding hydrogens is 182 g/mol. The molecule has 1 heterocycles. The van der Waals surface area contributed by atoms with E-state index in [-0.39, 0.29) is 0 Å². The fourth-order valence-corrected chi connectivity index (χ4v) is 2.05. The standard InChI is InChI=1S/C14H17N/c1-4-13-7-5-6-8-14(13)15-10-11(2)9-12(15)3/h5-10H,4H2,1-3H3. The van der Waals surface area contributed by atoms with Gasteiger partial charge in [0.05, 0.1) is 0 Å². The van der Waals surface area contributed by atoms with E-state index >= 15 is 0 Å². The van der Waals surface area contributed by atoms with E-state index in [9.17, 15) is 0 Å². The van der Waals surface area contributed by atoms with Crippen molar-refractivity contribution in [3.8, 4) is 5.69 Å². The van der Waals surface area contributed by atoms with Gasteiger partial charge in [0.1, 0.15) is 0 Å². The van der Waals surface area contributed by atoms with E-state index in [1.807, 2.05) is 0 Å². The van der Waals surface area contributed by atoms with Crippen molar-refractivity contribution < 1.29 is 0 Å². The molecule has 0 N–H and O–H groups in total. The van der Waals surface area contributed by atoms with Crippen molar-refractivity contribution in [2.24, 2.45) is 0 Å². The lowest BCUT2D eigenvalue weighted by atomic mass is 10.1. The Morgan fingerprint density at radius 1 is 1.13 bits per heavy atom. The Morgan fingerprint density at radius 2 is 1.87 bits per heavy atom. The molecule has 0 aliphatic heterocycles. The van der Waals surface area contributed by atoms with Gasteiger partial charge in [0.15, 0.2) is 0 Å². The Bertz CT molecular complexity index is 466. The fraction of sp³-hybridized carbons (Fsp3) is 0.286. The molecule has 0 spiro atoms. The molecule has 1 aromatic carbocycles. The number of aromatic nitrogens is 1. The van der Waals surface area contributed by atoms with Crippen molar-refractivity contribution in [2.75, 3.05) is 0 Å². The minimum atomic E-state index is 1.08. The first-order valence-electron chi connectivity index (χ1n) is 5.46. The predicted molar refractivity (Wildman–Crippen MR) is 64.6 cm³/mol. The van der Waals surface area contributed by atoms with Crippen molar-refractivity contribution in [3.05, 3.63) is 53.3 Å². The average Bonchev–Trinajstić information content (AvgIpc) is 2.57. The molecule has 0 bridgehead atoms. The molecule has 1 aromatic heterocycles. The summed E-state index contributed by atoms with van der Waals surface area (Å²) in [6.07, 6.45) is 3.27. The number of hydrogen-bond donors (Lipinski definition) is 0. The normalized spacial score (nSPS) is 10.6. The molecule has 0 fully saturated rings. The summed E-state index contributed by atoms with van der Waals surface area (Å²) in [6, 6.07) is 10.8. The smallest absolute Gasteiger partial charge is 0.0484 e. The van der Waals surface area contributed by atoms with Gasteiger partial charge in [0.25, 0.3) is 0 Å². The van der Waals surface area contributed by atoms with Crippen molar-refractivity contribution in [3.63, 3.8) is 0 Å². The summed E-state index contributed by atoms with van der Waals surface area (Å²) in [7, 11) is 0. The summed E-state index contributed by atoms with van der Waals surface area (Å²) in [4.78, 5) is 0. The molecule has 0 saturated carbocycles. The Hall–Kier alpha value is -1.50. The third-order valence-corrected chi connectivity index (χ3v) is 2.78. The monoisotopic (exact) mass is 199 g/mol. The third kappa shape index (κ3) is 1.82. The summed E-state index contributed by atoms with van der Waals surface area (Å²) in [5.74, 6) is 0. The molecule has 0 radical (unpaired) electrons. The molecule has 15 heavy (non-hydrogen) atoms. The quantitative estimate of drug-likeness (QED) is 0.695. The maximum atomic E-state index is 2.27. The first kappa shape index (κ1) is 10.0. The van der Waals surface area contributed by atoms with Crippen LogP contribution in [0.3, 0.4) is 0 Å². The number of nitrogens with zero attached hydrogens (tertiary/aromatic N) is 1. The third-order valence-electron chi connectivity index (χ3n) is 2.78. The number of rotatable bonds is 2. The number of para-hydroxylation sites is 1. The van der Waals surface area contributed by atoms with Crippen LogP contribution in [0.15, 0.2) is 36.5 Å². The molecule has 1 nitrogen and oxygen atoms in total. The second kappa shape index (κ2) is 3.93. The molecular formula is C14H17N. The second-order valence-electron chi connectivity index (χ2n) is 4.01. The van der Waals surface area contributed by atoms with Gasteiger partial charge >= 0.3 is 0 Å². The van der Waals surface area contributed by atoms with Crippen LogP contribution in [0.4, 0.5) is 0 Å². The average molecular weight is 199 g/mol. The van der Waals surface area contributed by atoms with Crippen LogP contribution in [-0.4, -0.2) is 4.57 Å². The Labute approximate surface area is 91.4 Å². The first-order chi connectivity index (χ1) is 7.22. The highest BCUT2D eigenvalue weighted by molar-refractivity contribution is 5.43. The highest BCUT2D eigenvalue weighted by Crippen LogP contribution is 2.19. The maximum absolute atomic E-state index is 2.27. The van der Waals surface area contributed by atoms with Gasteiger partial charge in [-0.2, -0.15) is 0 Å². The highest BCUT2D eigenvalue weighted by Gasteiger charge is 2.04. The largest absolute Gasteiger partial charge is 0.321 e. The van der Waals surface area contributed by atoms with Crippen LogP contribution in [0, 0.1) is 13.8 Å². The van der Waals surface area contributed by atoms with Gasteiger partial charge in [-0.05, 0) is 43.5 Å². The minimum Gasteiger partial charge on any atom is -0.321 e. The topological polar surface area (TPSA) is 4.93 Å². The molecule has 0 unspecified atom stereocenters. The van der Waals surface area contributed by atoms with E-state index in [0.29, 0.717) is 0 Å². The van der Waals surface area contributed by atoms with Gasteiger partial charge < -0.3 is 4.57 Å². The summed E-state index contributed by atoms with van der Waals surface area (Å²) >= 11 is 0. The van der Waals surface area contributed by atoms with Crippen LogP contribution in [0.5, 0.6) is 0 Å². The molecule has 2 rings (SSSR count). The summed E-state index contributed by atoms with van der Waals surface area (Å²) in [6.45, 7) is 6.49. The fourth-order valence-electron chi connectivity index (χ4n) is 2.05. The zero-order valence-electron chi connectivity index (χ0n) is 9.62. The number of hydrogen-bond acceptors (Lipinski definition) is 0. The lowest BCUT2D eigenvalue weighted by Gasteiger charge is -2.10. The number of benzene rings is 1. The van der Waals surface area contributed by atoms with Crippen molar-refractivity contribution in [2.45, 2.75) is 27.2 Å². The Balaban J connectivity index is 2.58. The van der Waals surface area contributed by atoms with E-state index in [4.69, 9.17) is 0 Å². The lowest BCUT2D eigenvalue weighted by molar-refractivity contribution is 0.974. The summed E-state index contributed by atoms with van der Waals surface area (Å²) in [5, 5.41) is 0. The SMILES string of the molecule is CCc1ccccc1-n1cc(C)cc1C. The van der Waals surface area contributed by atoms with E-state index < -0.39 is 0 Å². The zero-order valence-corrected chi connectivity index (χ0v) is 9.62. The highest BCUT2D eigenvalue weighted by atomic mass is 15.0. The van der Waals surface area contributed by atoms with Crippen molar-refractivity contribution >= 4 is 0 Å². The molecule has 0 aliphatic carbocycles. The van der Waals surface area contributed by atoms with Crippen LogP contribution in [0.1, 0.15) is 23.7 Å². The van der Waals surface area contributed by atoms with Crippen molar-refractivity contribution in [1.29, 1.82) is 0 Å². The van der Waals surface area contributed by atoms with Gasteiger partial charge in [-0.3, -0.25) is 0 Å². The molecule has 0 atom stereocenters. The van der Waals surface area contributed by atoms with Crippen molar-refractivity contribution in [1.82, 2.24) is 4.57 Å². The molecule has 0 amide bonds. The predicted octanol–water partition coefficient (Wildman–Crippen LogP) is 3.66. The van der Waals surface area contributed by atoms with E-state index in [1.54, 1.807) is 0 Å². The van der Waals surface area contributed by atoms with Crippen LogP contribution in [0.25, 0.3) is 5.69 Å². The van der Waals surface area contributed by atoms with E-state index in [2.05, 4.69) is 61.9 Å². The first-order valence-corrected chi connectivity index (χ1v) is 5.46. The summed E-state index contributed by atoms with van der Waals surface area (Å²) in [5.41, 5.74) is 5.33. The molecule has 0 saturated heterocycles. The maximum Gasteiger partial charge on any atom is 0.0484 e. The van der Waals surface area contributed by atoms with E-state index in [0.717, 1.165) is 6.42 Å². The molecule has 1 heteroatoms. The molecule has 0 aliphatic rings. The van der Waals surface area contributed by atoms with Crippen LogP contribution >= 0.6 is 0 Å². The van der Waals surface area contributed by atoms with Gasteiger partial charge in [0.2, 0.25) is 0 Å². The van der Waals surface area contributed by atoms with Gasteiger partial charge in [-0.15, -0.1) is 0 Å². The molecule has 78 valence electrons. The van der Waals surface area contributed by atoms with Gasteiger partial charge in [-0.1, -0.05) is 25.1 Å². The van der Waals surface area contributed by atoms with E-state index in [1.165, 1.54) is 22.5 Å². The zero-order chi connectivity index (χ0) is 10.8. The van der Waals surface area contributed by atoms with Gasteiger partial charge in [-0.25, -0.2) is 0 Å². The number of aryl methyl sites for hydroxylation is 3. The second-order valence-corrected chi connectivity index (χ2v) is 4.01.